The first-order chi connectivity index (χ1) is 9.26. The van der Waals surface area contributed by atoms with Crippen molar-refractivity contribution >= 4 is 33.5 Å². The quantitative estimate of drug-likeness (QED) is 0.883. The van der Waals surface area contributed by atoms with Crippen molar-refractivity contribution in [3.8, 4) is 0 Å². The highest BCUT2D eigenvalue weighted by Crippen LogP contribution is 2.29. The van der Waals surface area contributed by atoms with Crippen LogP contribution in [-0.4, -0.2) is 41.7 Å². The van der Waals surface area contributed by atoms with Crippen LogP contribution < -0.4 is 5.32 Å². The maximum absolute atomic E-state index is 5.74. The average molecular weight is 348 g/mol. The summed E-state index contributed by atoms with van der Waals surface area (Å²) in [6.45, 7) is 4.05. The molecule has 0 aliphatic carbocycles. The maximum atomic E-state index is 5.74. The molecule has 1 saturated heterocycles. The monoisotopic (exact) mass is 347 g/mol. The topological polar surface area (TPSA) is 56.3 Å². The van der Waals surface area contributed by atoms with Gasteiger partial charge in [-0.1, -0.05) is 0 Å². The van der Waals surface area contributed by atoms with Crippen LogP contribution >= 0.6 is 27.7 Å². The first kappa shape index (κ1) is 15.0. The predicted molar refractivity (Wildman–Crippen MR) is 80.6 cm³/mol. The second kappa shape index (κ2) is 7.42. The van der Waals surface area contributed by atoms with E-state index >= 15 is 0 Å². The molecule has 2 heterocycles. The van der Waals surface area contributed by atoms with Crippen molar-refractivity contribution in [3.05, 3.63) is 16.0 Å². The zero-order valence-electron chi connectivity index (χ0n) is 11.1. The SMILES string of the molecule is CCNc1nc(C2CSCCO2)nc(COC)c1Br. The number of hydrogen-bond donors (Lipinski definition) is 1. The molecule has 19 heavy (non-hydrogen) atoms. The molecule has 0 radical (unpaired) electrons. The normalized spacial score (nSPS) is 19.4. The van der Waals surface area contributed by atoms with E-state index in [2.05, 4.69) is 31.2 Å². The van der Waals surface area contributed by atoms with Crippen LogP contribution in [0.1, 0.15) is 24.5 Å². The van der Waals surface area contributed by atoms with Crippen molar-refractivity contribution in [2.75, 3.05) is 37.1 Å². The van der Waals surface area contributed by atoms with E-state index < -0.39 is 0 Å². The van der Waals surface area contributed by atoms with Crippen molar-refractivity contribution in [1.82, 2.24) is 9.97 Å². The molecular weight excluding hydrogens is 330 g/mol. The molecule has 1 N–H and O–H groups in total. The Kier molecular flexibility index (Phi) is 5.87. The summed E-state index contributed by atoms with van der Waals surface area (Å²) in [5.74, 6) is 3.48. The molecule has 0 amide bonds. The van der Waals surface area contributed by atoms with Crippen LogP contribution in [0.2, 0.25) is 0 Å². The van der Waals surface area contributed by atoms with Gasteiger partial charge in [0.05, 0.1) is 23.4 Å². The molecule has 1 unspecified atom stereocenters. The number of methoxy groups -OCH3 is 1. The third-order valence-corrected chi connectivity index (χ3v) is 4.49. The predicted octanol–water partition coefficient (Wildman–Crippen LogP) is 2.62. The summed E-state index contributed by atoms with van der Waals surface area (Å²) in [6.07, 6.45) is -0.0279. The van der Waals surface area contributed by atoms with Gasteiger partial charge in [-0.15, -0.1) is 0 Å². The van der Waals surface area contributed by atoms with Gasteiger partial charge in [-0.2, -0.15) is 11.8 Å². The Hall–Kier alpha value is -0.370. The van der Waals surface area contributed by atoms with E-state index in [0.717, 1.165) is 46.5 Å². The molecule has 0 spiro atoms. The Morgan fingerprint density at radius 3 is 3.00 bits per heavy atom. The fourth-order valence-corrected chi connectivity index (χ4v) is 3.08. The van der Waals surface area contributed by atoms with E-state index in [9.17, 15) is 0 Å². The zero-order valence-corrected chi connectivity index (χ0v) is 13.5. The smallest absolute Gasteiger partial charge is 0.160 e. The van der Waals surface area contributed by atoms with Gasteiger partial charge in [-0.3, -0.25) is 0 Å². The lowest BCUT2D eigenvalue weighted by molar-refractivity contribution is 0.0689. The first-order valence-corrected chi connectivity index (χ1v) is 8.19. The summed E-state index contributed by atoms with van der Waals surface area (Å²) in [4.78, 5) is 9.13. The number of nitrogens with zero attached hydrogens (tertiary/aromatic N) is 2. The fraction of sp³-hybridized carbons (Fsp3) is 0.667. The highest BCUT2D eigenvalue weighted by atomic mass is 79.9. The average Bonchev–Trinajstić information content (AvgIpc) is 2.44. The number of halogens is 1. The van der Waals surface area contributed by atoms with Crippen LogP contribution in [0.4, 0.5) is 5.82 Å². The summed E-state index contributed by atoms with van der Waals surface area (Å²) in [7, 11) is 1.66. The summed E-state index contributed by atoms with van der Waals surface area (Å²) in [5.41, 5.74) is 0.850. The van der Waals surface area contributed by atoms with Gasteiger partial charge < -0.3 is 14.8 Å². The van der Waals surface area contributed by atoms with Gasteiger partial charge in [-0.25, -0.2) is 9.97 Å². The zero-order chi connectivity index (χ0) is 13.7. The molecule has 1 aromatic heterocycles. The Balaban J connectivity index is 2.30. The third kappa shape index (κ3) is 3.81. The van der Waals surface area contributed by atoms with E-state index in [-0.39, 0.29) is 6.10 Å². The third-order valence-electron chi connectivity index (χ3n) is 2.67. The molecule has 1 aliphatic heterocycles. The Morgan fingerprint density at radius 1 is 1.53 bits per heavy atom. The minimum Gasteiger partial charge on any atom is -0.378 e. The Labute approximate surface area is 126 Å². The molecule has 1 atom stereocenters. The van der Waals surface area contributed by atoms with Gasteiger partial charge in [0.15, 0.2) is 5.82 Å². The first-order valence-electron chi connectivity index (χ1n) is 6.24. The van der Waals surface area contributed by atoms with E-state index in [1.165, 1.54) is 0 Å². The number of ether oxygens (including phenoxy) is 2. The lowest BCUT2D eigenvalue weighted by Crippen LogP contribution is -2.20. The minimum atomic E-state index is -0.0279. The lowest BCUT2D eigenvalue weighted by Gasteiger charge is -2.22. The van der Waals surface area contributed by atoms with Crippen LogP contribution in [0.5, 0.6) is 0 Å². The lowest BCUT2D eigenvalue weighted by atomic mass is 10.3. The van der Waals surface area contributed by atoms with Crippen molar-refractivity contribution in [2.45, 2.75) is 19.6 Å². The standard InChI is InChI=1S/C12H18BrN3O2S/c1-3-14-12-10(13)8(6-17-2)15-11(16-12)9-7-19-5-4-18-9/h9H,3-7H2,1-2H3,(H,14,15,16). The molecule has 1 aromatic rings. The van der Waals surface area contributed by atoms with E-state index in [4.69, 9.17) is 9.47 Å². The molecule has 1 fully saturated rings. The number of aromatic nitrogens is 2. The maximum Gasteiger partial charge on any atom is 0.160 e. The van der Waals surface area contributed by atoms with Crippen LogP contribution in [0, 0.1) is 0 Å². The summed E-state index contributed by atoms with van der Waals surface area (Å²) >= 11 is 5.40. The number of hydrogen-bond acceptors (Lipinski definition) is 6. The van der Waals surface area contributed by atoms with Gasteiger partial charge in [0.25, 0.3) is 0 Å². The second-order valence-corrected chi connectivity index (χ2v) is 6.03. The van der Waals surface area contributed by atoms with Crippen LogP contribution in [0.25, 0.3) is 0 Å². The summed E-state index contributed by atoms with van der Waals surface area (Å²) < 4.78 is 11.8. The minimum absolute atomic E-state index is 0.0279. The molecule has 0 aromatic carbocycles. The number of rotatable bonds is 5. The van der Waals surface area contributed by atoms with Crippen LogP contribution in [0.3, 0.4) is 0 Å². The summed E-state index contributed by atoms with van der Waals surface area (Å²) in [5, 5.41) is 3.24. The van der Waals surface area contributed by atoms with Gasteiger partial charge in [0.2, 0.25) is 0 Å². The van der Waals surface area contributed by atoms with E-state index in [1.807, 2.05) is 18.7 Å². The van der Waals surface area contributed by atoms with E-state index in [0.29, 0.717) is 6.61 Å². The summed E-state index contributed by atoms with van der Waals surface area (Å²) in [6, 6.07) is 0. The molecule has 5 nitrogen and oxygen atoms in total. The van der Waals surface area contributed by atoms with Gasteiger partial charge in [0, 0.05) is 25.2 Å². The molecule has 106 valence electrons. The fourth-order valence-electron chi connectivity index (χ4n) is 1.81. The largest absolute Gasteiger partial charge is 0.378 e. The van der Waals surface area contributed by atoms with Gasteiger partial charge >= 0.3 is 0 Å². The van der Waals surface area contributed by atoms with Gasteiger partial charge in [0.1, 0.15) is 11.9 Å². The van der Waals surface area contributed by atoms with E-state index in [1.54, 1.807) is 7.11 Å². The Morgan fingerprint density at radius 2 is 2.37 bits per heavy atom. The van der Waals surface area contributed by atoms with Crippen LogP contribution in [-0.2, 0) is 16.1 Å². The molecule has 1 aliphatic rings. The highest BCUT2D eigenvalue weighted by molar-refractivity contribution is 9.10. The molecule has 7 heteroatoms. The van der Waals surface area contributed by atoms with Crippen molar-refractivity contribution in [1.29, 1.82) is 0 Å². The van der Waals surface area contributed by atoms with Crippen molar-refractivity contribution in [2.24, 2.45) is 0 Å². The second-order valence-electron chi connectivity index (χ2n) is 4.09. The van der Waals surface area contributed by atoms with Crippen LogP contribution in [0.15, 0.2) is 4.47 Å². The number of nitrogens with one attached hydrogen (secondary N) is 1. The molecule has 0 bridgehead atoms. The Bertz CT molecular complexity index is 400. The van der Waals surface area contributed by atoms with Crippen molar-refractivity contribution in [3.63, 3.8) is 0 Å². The molecule has 0 saturated carbocycles. The van der Waals surface area contributed by atoms with Crippen molar-refractivity contribution < 1.29 is 9.47 Å². The molecular formula is C12H18BrN3O2S. The molecule has 2 rings (SSSR count). The number of anilines is 1. The number of thioether (sulfide) groups is 1. The highest BCUT2D eigenvalue weighted by Gasteiger charge is 2.22. The van der Waals surface area contributed by atoms with Gasteiger partial charge in [-0.05, 0) is 22.9 Å².